The average molecular weight is 266 g/mol. The predicted molar refractivity (Wildman–Crippen MR) is 69.4 cm³/mol. The highest BCUT2D eigenvalue weighted by Crippen LogP contribution is 2.17. The Morgan fingerprint density at radius 2 is 2.05 bits per heavy atom. The van der Waals surface area contributed by atoms with Crippen molar-refractivity contribution in [3.63, 3.8) is 0 Å². The number of amides is 1. The van der Waals surface area contributed by atoms with Crippen LogP contribution in [0.3, 0.4) is 0 Å². The van der Waals surface area contributed by atoms with Crippen LogP contribution in [0.15, 0.2) is 24.3 Å². The number of cyclic esters (lactones) is 1. The number of ether oxygens (including phenoxy) is 3. The first-order chi connectivity index (χ1) is 9.22. The molecule has 1 atom stereocenters. The van der Waals surface area contributed by atoms with Gasteiger partial charge in [-0.1, -0.05) is 0 Å². The lowest BCUT2D eigenvalue weighted by atomic mass is 10.3. The van der Waals surface area contributed by atoms with E-state index in [2.05, 4.69) is 0 Å². The number of nitrogens with two attached hydrogens (primary N) is 1. The van der Waals surface area contributed by atoms with E-state index in [0.29, 0.717) is 26.2 Å². The summed E-state index contributed by atoms with van der Waals surface area (Å²) < 4.78 is 15.7. The largest absolute Gasteiger partial charge is 0.497 e. The Labute approximate surface area is 112 Å². The molecular weight excluding hydrogens is 248 g/mol. The Balaban J connectivity index is 1.75. The highest BCUT2D eigenvalue weighted by molar-refractivity contribution is 5.69. The molecule has 2 rings (SSSR count). The second-order valence-corrected chi connectivity index (χ2v) is 4.21. The summed E-state index contributed by atoms with van der Waals surface area (Å²) in [5.41, 5.74) is 5.46. The Kier molecular flexibility index (Phi) is 4.46. The first kappa shape index (κ1) is 13.5. The van der Waals surface area contributed by atoms with Crippen LogP contribution in [0.25, 0.3) is 0 Å². The first-order valence-electron chi connectivity index (χ1n) is 6.15. The second-order valence-electron chi connectivity index (χ2n) is 4.21. The molecule has 2 N–H and O–H groups in total. The number of methoxy groups -OCH3 is 1. The molecule has 1 aromatic rings. The molecule has 1 unspecified atom stereocenters. The molecule has 1 aromatic carbocycles. The zero-order valence-electron chi connectivity index (χ0n) is 10.9. The maximum Gasteiger partial charge on any atom is 0.410 e. The van der Waals surface area contributed by atoms with Gasteiger partial charge >= 0.3 is 6.09 Å². The minimum atomic E-state index is -0.325. The third-order valence-corrected chi connectivity index (χ3v) is 2.90. The molecule has 104 valence electrons. The van der Waals surface area contributed by atoms with Crippen molar-refractivity contribution in [1.82, 2.24) is 4.90 Å². The normalized spacial score (nSPS) is 18.3. The van der Waals surface area contributed by atoms with Gasteiger partial charge in [-0.2, -0.15) is 0 Å². The van der Waals surface area contributed by atoms with E-state index in [-0.39, 0.29) is 12.2 Å². The van der Waals surface area contributed by atoms with Crippen molar-refractivity contribution in [2.75, 3.05) is 33.4 Å². The summed E-state index contributed by atoms with van der Waals surface area (Å²) in [6.45, 7) is 1.78. The van der Waals surface area contributed by atoms with Gasteiger partial charge in [-0.3, -0.25) is 0 Å². The fourth-order valence-corrected chi connectivity index (χ4v) is 1.83. The topological polar surface area (TPSA) is 74.0 Å². The van der Waals surface area contributed by atoms with Crippen LogP contribution >= 0.6 is 0 Å². The van der Waals surface area contributed by atoms with Crippen molar-refractivity contribution in [2.45, 2.75) is 6.10 Å². The molecule has 1 aliphatic rings. The van der Waals surface area contributed by atoms with Gasteiger partial charge in [0.15, 0.2) is 0 Å². The molecule has 0 radical (unpaired) electrons. The molecule has 6 heteroatoms. The molecule has 1 amide bonds. The maximum absolute atomic E-state index is 11.4. The minimum Gasteiger partial charge on any atom is -0.497 e. The van der Waals surface area contributed by atoms with Gasteiger partial charge in [0.1, 0.15) is 24.2 Å². The quantitative estimate of drug-likeness (QED) is 0.826. The molecule has 1 aliphatic heterocycles. The molecule has 19 heavy (non-hydrogen) atoms. The van der Waals surface area contributed by atoms with E-state index in [1.165, 1.54) is 0 Å². The molecule has 0 aromatic heterocycles. The van der Waals surface area contributed by atoms with Crippen LogP contribution in [0.2, 0.25) is 0 Å². The summed E-state index contributed by atoms with van der Waals surface area (Å²) in [7, 11) is 1.61. The van der Waals surface area contributed by atoms with Crippen LogP contribution in [0, 0.1) is 0 Å². The lowest BCUT2D eigenvalue weighted by Gasteiger charge is -2.13. The van der Waals surface area contributed by atoms with E-state index < -0.39 is 0 Å². The Bertz CT molecular complexity index is 421. The third kappa shape index (κ3) is 3.51. The van der Waals surface area contributed by atoms with Crippen molar-refractivity contribution in [3.8, 4) is 11.5 Å². The van der Waals surface area contributed by atoms with Crippen molar-refractivity contribution in [3.05, 3.63) is 24.3 Å². The second kappa shape index (κ2) is 6.29. The average Bonchev–Trinajstić information content (AvgIpc) is 2.80. The summed E-state index contributed by atoms with van der Waals surface area (Å²) >= 11 is 0. The van der Waals surface area contributed by atoms with Gasteiger partial charge < -0.3 is 24.8 Å². The van der Waals surface area contributed by atoms with E-state index in [1.807, 2.05) is 24.3 Å². The maximum atomic E-state index is 11.4. The van der Waals surface area contributed by atoms with Gasteiger partial charge in [0, 0.05) is 6.54 Å². The van der Waals surface area contributed by atoms with Gasteiger partial charge in [-0.25, -0.2) is 4.79 Å². The SMILES string of the molecule is COc1ccc(OCCN2CC(CN)OC2=O)cc1. The number of carbonyl (C=O) groups excluding carboxylic acids is 1. The van der Waals surface area contributed by atoms with E-state index in [9.17, 15) is 4.79 Å². The van der Waals surface area contributed by atoms with Crippen LogP contribution < -0.4 is 15.2 Å². The minimum absolute atomic E-state index is 0.200. The summed E-state index contributed by atoms with van der Waals surface area (Å²) in [4.78, 5) is 13.0. The lowest BCUT2D eigenvalue weighted by molar-refractivity contribution is 0.132. The molecule has 6 nitrogen and oxygen atoms in total. The smallest absolute Gasteiger partial charge is 0.410 e. The number of hydrogen-bond donors (Lipinski definition) is 1. The molecule has 0 spiro atoms. The Morgan fingerprint density at radius 3 is 2.63 bits per heavy atom. The van der Waals surface area contributed by atoms with Gasteiger partial charge in [0.25, 0.3) is 0 Å². The number of rotatable bonds is 6. The van der Waals surface area contributed by atoms with Gasteiger partial charge in [0.05, 0.1) is 20.2 Å². The van der Waals surface area contributed by atoms with Crippen molar-refractivity contribution in [1.29, 1.82) is 0 Å². The number of nitrogens with zero attached hydrogens (tertiary/aromatic N) is 1. The van der Waals surface area contributed by atoms with E-state index in [1.54, 1.807) is 12.0 Å². The number of hydrogen-bond acceptors (Lipinski definition) is 5. The molecule has 1 saturated heterocycles. The van der Waals surface area contributed by atoms with Crippen LogP contribution in [-0.2, 0) is 4.74 Å². The summed E-state index contributed by atoms with van der Waals surface area (Å²) in [6.07, 6.45) is -0.526. The van der Waals surface area contributed by atoms with E-state index in [0.717, 1.165) is 11.5 Å². The fraction of sp³-hybridized carbons (Fsp3) is 0.462. The zero-order valence-corrected chi connectivity index (χ0v) is 10.9. The zero-order chi connectivity index (χ0) is 13.7. The molecule has 0 bridgehead atoms. The van der Waals surface area contributed by atoms with Crippen molar-refractivity contribution < 1.29 is 19.0 Å². The standard InChI is InChI=1S/C13H18N2O4/c1-17-10-2-4-11(5-3-10)18-7-6-15-9-12(8-14)19-13(15)16/h2-5,12H,6-9,14H2,1H3. The van der Waals surface area contributed by atoms with E-state index in [4.69, 9.17) is 19.9 Å². The third-order valence-electron chi connectivity index (χ3n) is 2.90. The van der Waals surface area contributed by atoms with Crippen LogP contribution in [0.1, 0.15) is 0 Å². The van der Waals surface area contributed by atoms with Crippen LogP contribution in [-0.4, -0.2) is 50.4 Å². The summed E-state index contributed by atoms with van der Waals surface area (Å²) in [5.74, 6) is 1.52. The van der Waals surface area contributed by atoms with Gasteiger partial charge in [0.2, 0.25) is 0 Å². The number of carbonyl (C=O) groups is 1. The first-order valence-corrected chi connectivity index (χ1v) is 6.15. The van der Waals surface area contributed by atoms with Crippen LogP contribution in [0.4, 0.5) is 4.79 Å². The number of benzene rings is 1. The molecule has 0 aliphatic carbocycles. The highest BCUT2D eigenvalue weighted by Gasteiger charge is 2.29. The monoisotopic (exact) mass is 266 g/mol. The molecular formula is C13H18N2O4. The molecule has 0 saturated carbocycles. The summed E-state index contributed by atoms with van der Waals surface area (Å²) in [5, 5.41) is 0. The molecule has 1 fully saturated rings. The van der Waals surface area contributed by atoms with Crippen molar-refractivity contribution in [2.24, 2.45) is 5.73 Å². The van der Waals surface area contributed by atoms with Gasteiger partial charge in [-0.15, -0.1) is 0 Å². The molecule has 1 heterocycles. The Morgan fingerprint density at radius 1 is 1.37 bits per heavy atom. The van der Waals surface area contributed by atoms with Crippen molar-refractivity contribution >= 4 is 6.09 Å². The van der Waals surface area contributed by atoms with Gasteiger partial charge in [-0.05, 0) is 24.3 Å². The lowest BCUT2D eigenvalue weighted by Crippen LogP contribution is -2.31. The predicted octanol–water partition coefficient (Wildman–Crippen LogP) is 0.854. The van der Waals surface area contributed by atoms with E-state index >= 15 is 0 Å². The Hall–Kier alpha value is -1.95. The fourth-order valence-electron chi connectivity index (χ4n) is 1.83. The highest BCUT2D eigenvalue weighted by atomic mass is 16.6. The summed E-state index contributed by atoms with van der Waals surface area (Å²) in [6, 6.07) is 7.29. The van der Waals surface area contributed by atoms with Crippen LogP contribution in [0.5, 0.6) is 11.5 Å².